The maximum atomic E-state index is 13.4. The zero-order chi connectivity index (χ0) is 14.5. The van der Waals surface area contributed by atoms with E-state index in [-0.39, 0.29) is 17.5 Å². The van der Waals surface area contributed by atoms with Crippen LogP contribution in [0.4, 0.5) is 10.1 Å². The van der Waals surface area contributed by atoms with Crippen LogP contribution in [0.3, 0.4) is 0 Å². The number of rotatable bonds is 7. The molecule has 0 aliphatic carbocycles. The number of hydrogen-bond donors (Lipinski definition) is 2. The molecule has 5 heteroatoms. The van der Waals surface area contributed by atoms with Gasteiger partial charge in [-0.1, -0.05) is 13.8 Å². The van der Waals surface area contributed by atoms with E-state index in [1.165, 1.54) is 13.2 Å². The zero-order valence-electron chi connectivity index (χ0n) is 12.0. The average molecular weight is 270 g/mol. The summed E-state index contributed by atoms with van der Waals surface area (Å²) < 4.78 is 23.6. The molecule has 1 unspecified atom stereocenters. The number of methoxy groups -OCH3 is 2. The third kappa shape index (κ3) is 3.58. The van der Waals surface area contributed by atoms with Crippen LogP contribution in [0.1, 0.15) is 13.8 Å². The lowest BCUT2D eigenvalue weighted by molar-refractivity contribution is 0.121. The number of benzene rings is 1. The Morgan fingerprint density at radius 2 is 2.05 bits per heavy atom. The first kappa shape index (κ1) is 15.7. The maximum absolute atomic E-state index is 13.4. The maximum Gasteiger partial charge on any atom is 0.165 e. The summed E-state index contributed by atoms with van der Waals surface area (Å²) in [6.45, 7) is 5.03. The van der Waals surface area contributed by atoms with E-state index in [1.54, 1.807) is 19.2 Å². The predicted molar refractivity (Wildman–Crippen MR) is 75.1 cm³/mol. The number of ether oxygens (including phenoxy) is 2. The third-order valence-corrected chi connectivity index (χ3v) is 3.42. The summed E-state index contributed by atoms with van der Waals surface area (Å²) in [6.07, 6.45) is 0. The van der Waals surface area contributed by atoms with Crippen LogP contribution in [-0.2, 0) is 4.74 Å². The molecule has 0 bridgehead atoms. The molecule has 0 saturated carbocycles. The van der Waals surface area contributed by atoms with Crippen LogP contribution in [0.15, 0.2) is 18.2 Å². The van der Waals surface area contributed by atoms with E-state index in [9.17, 15) is 4.39 Å². The van der Waals surface area contributed by atoms with E-state index >= 15 is 0 Å². The largest absolute Gasteiger partial charge is 0.494 e. The van der Waals surface area contributed by atoms with Gasteiger partial charge in [-0.05, 0) is 18.1 Å². The fourth-order valence-electron chi connectivity index (χ4n) is 1.98. The second-order valence-electron chi connectivity index (χ2n) is 4.92. The van der Waals surface area contributed by atoms with Crippen LogP contribution < -0.4 is 15.8 Å². The third-order valence-electron chi connectivity index (χ3n) is 3.42. The van der Waals surface area contributed by atoms with Crippen LogP contribution in [0.2, 0.25) is 0 Å². The van der Waals surface area contributed by atoms with E-state index in [1.807, 2.05) is 0 Å². The highest BCUT2D eigenvalue weighted by atomic mass is 19.1. The lowest BCUT2D eigenvalue weighted by Gasteiger charge is -2.38. The van der Waals surface area contributed by atoms with Gasteiger partial charge in [-0.2, -0.15) is 0 Å². The highest BCUT2D eigenvalue weighted by Crippen LogP contribution is 2.27. The first-order chi connectivity index (χ1) is 8.99. The zero-order valence-corrected chi connectivity index (χ0v) is 12.0. The minimum Gasteiger partial charge on any atom is -0.494 e. The van der Waals surface area contributed by atoms with Gasteiger partial charge in [-0.25, -0.2) is 4.39 Å². The molecule has 0 radical (unpaired) electrons. The van der Waals surface area contributed by atoms with Crippen molar-refractivity contribution in [3.63, 3.8) is 0 Å². The van der Waals surface area contributed by atoms with Gasteiger partial charge in [0.1, 0.15) is 0 Å². The molecule has 1 atom stereocenters. The van der Waals surface area contributed by atoms with Crippen molar-refractivity contribution in [1.29, 1.82) is 0 Å². The molecule has 19 heavy (non-hydrogen) atoms. The Balaban J connectivity index is 3.02. The normalized spacial score (nSPS) is 14.3. The Kier molecular flexibility index (Phi) is 5.57. The van der Waals surface area contributed by atoms with Gasteiger partial charge in [0, 0.05) is 25.4 Å². The topological polar surface area (TPSA) is 56.5 Å². The number of nitrogens with two attached hydrogens (primary N) is 1. The summed E-state index contributed by atoms with van der Waals surface area (Å²) in [5.41, 5.74) is 6.26. The Hall–Kier alpha value is -1.33. The fourth-order valence-corrected chi connectivity index (χ4v) is 1.98. The average Bonchev–Trinajstić information content (AvgIpc) is 2.40. The quantitative estimate of drug-likeness (QED) is 0.798. The SMILES string of the molecule is COCC(CN)(Nc1ccc(F)c(OC)c1)C(C)C. The lowest BCUT2D eigenvalue weighted by Crippen LogP contribution is -2.53. The molecule has 0 fully saturated rings. The van der Waals surface area contributed by atoms with Crippen molar-refractivity contribution in [3.05, 3.63) is 24.0 Å². The van der Waals surface area contributed by atoms with Gasteiger partial charge >= 0.3 is 0 Å². The number of nitrogens with one attached hydrogen (secondary N) is 1. The van der Waals surface area contributed by atoms with Crippen LogP contribution in [0.5, 0.6) is 5.75 Å². The van der Waals surface area contributed by atoms with Gasteiger partial charge in [0.05, 0.1) is 19.3 Å². The standard InChI is InChI=1S/C14H23FN2O2/c1-10(2)14(8-16,9-18-3)17-11-5-6-12(15)13(7-11)19-4/h5-7,10,17H,8-9,16H2,1-4H3. The minimum atomic E-state index is -0.391. The van der Waals surface area contributed by atoms with Gasteiger partial charge in [-0.15, -0.1) is 0 Å². The molecule has 0 aliphatic heterocycles. The summed E-state index contributed by atoms with van der Waals surface area (Å²) in [5, 5.41) is 3.35. The van der Waals surface area contributed by atoms with E-state index in [4.69, 9.17) is 15.2 Å². The number of hydrogen-bond acceptors (Lipinski definition) is 4. The van der Waals surface area contributed by atoms with Crippen LogP contribution in [0.25, 0.3) is 0 Å². The van der Waals surface area contributed by atoms with E-state index in [2.05, 4.69) is 19.2 Å². The van der Waals surface area contributed by atoms with Crippen molar-refractivity contribution >= 4 is 5.69 Å². The Morgan fingerprint density at radius 3 is 2.53 bits per heavy atom. The van der Waals surface area contributed by atoms with Crippen LogP contribution in [-0.4, -0.2) is 32.9 Å². The van der Waals surface area contributed by atoms with Gasteiger partial charge < -0.3 is 20.5 Å². The van der Waals surface area contributed by atoms with Gasteiger partial charge in [-0.3, -0.25) is 0 Å². The summed E-state index contributed by atoms with van der Waals surface area (Å²) in [6, 6.07) is 4.66. The van der Waals surface area contributed by atoms with E-state index < -0.39 is 5.54 Å². The molecule has 0 aromatic heterocycles. The van der Waals surface area contributed by atoms with Crippen molar-refractivity contribution in [3.8, 4) is 5.75 Å². The highest BCUT2D eigenvalue weighted by molar-refractivity contribution is 5.51. The number of anilines is 1. The molecule has 0 spiro atoms. The number of halogens is 1. The van der Waals surface area contributed by atoms with Crippen molar-refractivity contribution in [2.24, 2.45) is 11.7 Å². The van der Waals surface area contributed by atoms with Crippen molar-refractivity contribution < 1.29 is 13.9 Å². The molecule has 4 nitrogen and oxygen atoms in total. The second kappa shape index (κ2) is 6.73. The molecule has 1 aromatic carbocycles. The van der Waals surface area contributed by atoms with Gasteiger partial charge in [0.25, 0.3) is 0 Å². The monoisotopic (exact) mass is 270 g/mol. The molecule has 1 rings (SSSR count). The summed E-state index contributed by atoms with van der Waals surface area (Å²) >= 11 is 0. The van der Waals surface area contributed by atoms with Gasteiger partial charge in [0.2, 0.25) is 0 Å². The summed E-state index contributed by atoms with van der Waals surface area (Å²) in [5.74, 6) is 0.0771. The minimum absolute atomic E-state index is 0.206. The molecule has 3 N–H and O–H groups in total. The van der Waals surface area contributed by atoms with Crippen LogP contribution in [0, 0.1) is 11.7 Å². The first-order valence-corrected chi connectivity index (χ1v) is 6.30. The van der Waals surface area contributed by atoms with E-state index in [0.717, 1.165) is 5.69 Å². The smallest absolute Gasteiger partial charge is 0.165 e. The first-order valence-electron chi connectivity index (χ1n) is 6.30. The van der Waals surface area contributed by atoms with Gasteiger partial charge in [0.15, 0.2) is 11.6 Å². The Labute approximate surface area is 114 Å². The molecule has 0 aliphatic rings. The second-order valence-corrected chi connectivity index (χ2v) is 4.92. The van der Waals surface area contributed by atoms with Crippen molar-refractivity contribution in [2.75, 3.05) is 32.7 Å². The molecular weight excluding hydrogens is 247 g/mol. The summed E-state index contributed by atoms with van der Waals surface area (Å²) in [7, 11) is 3.08. The van der Waals surface area contributed by atoms with Crippen LogP contribution >= 0.6 is 0 Å². The molecule has 0 amide bonds. The lowest BCUT2D eigenvalue weighted by atomic mass is 9.86. The Morgan fingerprint density at radius 1 is 1.37 bits per heavy atom. The molecule has 0 saturated heterocycles. The predicted octanol–water partition coefficient (Wildman–Crippen LogP) is 2.25. The summed E-state index contributed by atoms with van der Waals surface area (Å²) in [4.78, 5) is 0. The highest BCUT2D eigenvalue weighted by Gasteiger charge is 2.32. The molecule has 1 aromatic rings. The molecular formula is C14H23FN2O2. The van der Waals surface area contributed by atoms with Crippen molar-refractivity contribution in [1.82, 2.24) is 0 Å². The fraction of sp³-hybridized carbons (Fsp3) is 0.571. The van der Waals surface area contributed by atoms with Crippen molar-refractivity contribution in [2.45, 2.75) is 19.4 Å². The van der Waals surface area contributed by atoms with E-state index in [0.29, 0.717) is 13.2 Å². The molecule has 0 heterocycles. The molecule has 108 valence electrons. The Bertz CT molecular complexity index is 412.